The van der Waals surface area contributed by atoms with E-state index in [0.29, 0.717) is 5.92 Å². The van der Waals surface area contributed by atoms with Crippen LogP contribution in [0.2, 0.25) is 0 Å². The van der Waals surface area contributed by atoms with Crippen LogP contribution < -0.4 is 15.4 Å². The minimum Gasteiger partial charge on any atom is -0.340 e. The zero-order valence-corrected chi connectivity index (χ0v) is 21.1. The summed E-state index contributed by atoms with van der Waals surface area (Å²) in [6.07, 6.45) is 2.61. The SMILES string of the molecule is N#Cc1cc(NC(=O)C(Cc2ccccc2)NC(=O)c2ccc(F)cc2)ccc1S(=O)(=O)NC12CC(C1)C2. The number of nitriles is 1. The van der Waals surface area contributed by atoms with Crippen LogP contribution in [0, 0.1) is 23.1 Å². The van der Waals surface area contributed by atoms with E-state index >= 15 is 0 Å². The number of halogens is 1. The number of nitrogens with one attached hydrogen (secondary N) is 3. The molecule has 2 amide bonds. The van der Waals surface area contributed by atoms with Gasteiger partial charge in [0.15, 0.2) is 0 Å². The molecule has 6 rings (SSSR count). The maximum Gasteiger partial charge on any atom is 0.251 e. The molecule has 0 heterocycles. The van der Waals surface area contributed by atoms with Crippen molar-refractivity contribution >= 4 is 27.5 Å². The highest BCUT2D eigenvalue weighted by Gasteiger charge is 2.58. The van der Waals surface area contributed by atoms with Crippen LogP contribution >= 0.6 is 0 Å². The Morgan fingerprint density at radius 2 is 1.71 bits per heavy atom. The fraction of sp³-hybridized carbons (Fsp3) is 0.250. The van der Waals surface area contributed by atoms with Crippen molar-refractivity contribution in [2.24, 2.45) is 5.92 Å². The van der Waals surface area contributed by atoms with Crippen LogP contribution in [-0.4, -0.2) is 31.8 Å². The maximum absolute atomic E-state index is 13.3. The molecular formula is C28H25FN4O4S. The lowest BCUT2D eigenvalue weighted by atomic mass is 9.50. The normalized spacial score (nSPS) is 20.3. The Morgan fingerprint density at radius 1 is 1.03 bits per heavy atom. The zero-order valence-electron chi connectivity index (χ0n) is 20.3. The molecule has 0 saturated heterocycles. The van der Waals surface area contributed by atoms with Gasteiger partial charge in [-0.15, -0.1) is 0 Å². The van der Waals surface area contributed by atoms with E-state index < -0.39 is 39.2 Å². The summed E-state index contributed by atoms with van der Waals surface area (Å²) in [6, 6.07) is 19.0. The van der Waals surface area contributed by atoms with E-state index in [9.17, 15) is 27.7 Å². The van der Waals surface area contributed by atoms with Crippen molar-refractivity contribution < 1.29 is 22.4 Å². The molecule has 3 N–H and O–H groups in total. The zero-order chi connectivity index (χ0) is 26.9. The van der Waals surface area contributed by atoms with Crippen molar-refractivity contribution in [3.05, 3.63) is 95.3 Å². The minimum absolute atomic E-state index is 0.100. The Balaban J connectivity index is 1.34. The highest BCUT2D eigenvalue weighted by Crippen LogP contribution is 2.57. The predicted molar refractivity (Wildman–Crippen MR) is 138 cm³/mol. The Labute approximate surface area is 219 Å². The van der Waals surface area contributed by atoms with Gasteiger partial charge in [-0.05, 0) is 73.2 Å². The average Bonchev–Trinajstić information content (AvgIpc) is 2.86. The van der Waals surface area contributed by atoms with Gasteiger partial charge in [0.2, 0.25) is 15.9 Å². The standard InChI is InChI=1S/C28H25FN4O4S/c29-22-8-6-20(7-9-22)26(34)32-24(12-18-4-2-1-3-5-18)27(35)31-23-10-11-25(21(13-23)17-30)38(36,37)33-28-14-19(15-28)16-28/h1-11,13,19,24,33H,12,14-16H2,(H,31,35)(H,32,34). The van der Waals surface area contributed by atoms with Gasteiger partial charge in [-0.25, -0.2) is 17.5 Å². The van der Waals surface area contributed by atoms with Gasteiger partial charge in [0, 0.05) is 23.2 Å². The number of sulfonamides is 1. The van der Waals surface area contributed by atoms with E-state index in [1.54, 1.807) is 0 Å². The molecule has 38 heavy (non-hydrogen) atoms. The first-order chi connectivity index (χ1) is 18.2. The lowest BCUT2D eigenvalue weighted by Gasteiger charge is -2.61. The molecule has 8 nitrogen and oxygen atoms in total. The van der Waals surface area contributed by atoms with E-state index in [-0.39, 0.29) is 28.1 Å². The number of rotatable bonds is 9. The number of amides is 2. The smallest absolute Gasteiger partial charge is 0.251 e. The summed E-state index contributed by atoms with van der Waals surface area (Å²) < 4.78 is 41.9. The monoisotopic (exact) mass is 532 g/mol. The highest BCUT2D eigenvalue weighted by molar-refractivity contribution is 7.89. The summed E-state index contributed by atoms with van der Waals surface area (Å²) in [5.74, 6) is -1.02. The lowest BCUT2D eigenvalue weighted by molar-refractivity contribution is -0.118. The van der Waals surface area contributed by atoms with Gasteiger partial charge >= 0.3 is 0 Å². The Morgan fingerprint density at radius 3 is 2.32 bits per heavy atom. The van der Waals surface area contributed by atoms with Gasteiger partial charge in [0.1, 0.15) is 17.9 Å². The number of anilines is 1. The number of carbonyl (C=O) groups is 2. The van der Waals surface area contributed by atoms with Crippen molar-refractivity contribution in [1.82, 2.24) is 10.0 Å². The van der Waals surface area contributed by atoms with Crippen molar-refractivity contribution in [3.8, 4) is 6.07 Å². The van der Waals surface area contributed by atoms with Crippen LogP contribution in [0.3, 0.4) is 0 Å². The quantitative estimate of drug-likeness (QED) is 0.389. The number of nitrogens with zero attached hydrogens (tertiary/aromatic N) is 1. The van der Waals surface area contributed by atoms with E-state index in [4.69, 9.17) is 0 Å². The van der Waals surface area contributed by atoms with Gasteiger partial charge in [-0.1, -0.05) is 30.3 Å². The molecule has 194 valence electrons. The number of hydrogen-bond acceptors (Lipinski definition) is 5. The van der Waals surface area contributed by atoms with E-state index in [1.807, 2.05) is 36.4 Å². The van der Waals surface area contributed by atoms with Crippen molar-refractivity contribution in [2.75, 3.05) is 5.32 Å². The van der Waals surface area contributed by atoms with Gasteiger partial charge in [-0.3, -0.25) is 9.59 Å². The van der Waals surface area contributed by atoms with Crippen LogP contribution in [0.1, 0.15) is 40.7 Å². The molecule has 0 radical (unpaired) electrons. The number of carbonyl (C=O) groups excluding carboxylic acids is 2. The second kappa shape index (κ2) is 10.0. The molecule has 0 aromatic heterocycles. The number of hydrogen-bond donors (Lipinski definition) is 3. The molecule has 3 aromatic carbocycles. The van der Waals surface area contributed by atoms with Crippen LogP contribution in [0.5, 0.6) is 0 Å². The van der Waals surface area contributed by atoms with Crippen LogP contribution in [-0.2, 0) is 21.2 Å². The summed E-state index contributed by atoms with van der Waals surface area (Å²) in [5, 5.41) is 15.0. The Hall–Kier alpha value is -4.07. The Bertz CT molecular complexity index is 1520. The molecule has 2 bridgehead atoms. The molecule has 0 spiro atoms. The average molecular weight is 533 g/mol. The third-order valence-electron chi connectivity index (χ3n) is 7.06. The molecule has 3 fully saturated rings. The van der Waals surface area contributed by atoms with E-state index in [0.717, 1.165) is 37.0 Å². The molecule has 10 heteroatoms. The lowest BCUT2D eigenvalue weighted by Crippen LogP contribution is -2.67. The first-order valence-electron chi connectivity index (χ1n) is 12.2. The third kappa shape index (κ3) is 5.30. The van der Waals surface area contributed by atoms with Gasteiger partial charge < -0.3 is 10.6 Å². The van der Waals surface area contributed by atoms with Gasteiger partial charge in [-0.2, -0.15) is 5.26 Å². The second-order valence-electron chi connectivity index (χ2n) is 9.90. The third-order valence-corrected chi connectivity index (χ3v) is 8.69. The summed E-state index contributed by atoms with van der Waals surface area (Å²) in [7, 11) is -3.90. The molecule has 3 aliphatic rings. The summed E-state index contributed by atoms with van der Waals surface area (Å²) in [6.45, 7) is 0. The topological polar surface area (TPSA) is 128 Å². The minimum atomic E-state index is -3.90. The summed E-state index contributed by atoms with van der Waals surface area (Å²) in [5.41, 5.74) is 0.707. The molecule has 1 unspecified atom stereocenters. The molecule has 3 saturated carbocycles. The van der Waals surface area contributed by atoms with Crippen LogP contribution in [0.15, 0.2) is 77.7 Å². The summed E-state index contributed by atoms with van der Waals surface area (Å²) in [4.78, 5) is 25.9. The van der Waals surface area contributed by atoms with E-state index in [1.165, 1.54) is 30.3 Å². The molecule has 3 aromatic rings. The Kier molecular flexibility index (Phi) is 6.73. The summed E-state index contributed by atoms with van der Waals surface area (Å²) >= 11 is 0. The molecular weight excluding hydrogens is 507 g/mol. The van der Waals surface area contributed by atoms with Gasteiger partial charge in [0.25, 0.3) is 5.91 Å². The maximum atomic E-state index is 13.3. The molecule has 1 atom stereocenters. The first-order valence-corrected chi connectivity index (χ1v) is 13.6. The molecule has 3 aliphatic carbocycles. The van der Waals surface area contributed by atoms with Crippen LogP contribution in [0.4, 0.5) is 10.1 Å². The van der Waals surface area contributed by atoms with Crippen molar-refractivity contribution in [3.63, 3.8) is 0 Å². The predicted octanol–water partition coefficient (Wildman–Crippen LogP) is 3.51. The van der Waals surface area contributed by atoms with Crippen molar-refractivity contribution in [1.29, 1.82) is 5.26 Å². The second-order valence-corrected chi connectivity index (χ2v) is 11.5. The molecule has 0 aliphatic heterocycles. The highest BCUT2D eigenvalue weighted by atomic mass is 32.2. The van der Waals surface area contributed by atoms with E-state index in [2.05, 4.69) is 15.4 Å². The first kappa shape index (κ1) is 25.6. The van der Waals surface area contributed by atoms with Crippen LogP contribution in [0.25, 0.3) is 0 Å². The number of benzene rings is 3. The fourth-order valence-electron chi connectivity index (χ4n) is 5.00. The fourth-order valence-corrected chi connectivity index (χ4v) is 6.58. The van der Waals surface area contributed by atoms with Gasteiger partial charge in [0.05, 0.1) is 10.5 Å². The largest absolute Gasteiger partial charge is 0.340 e. The van der Waals surface area contributed by atoms with Crippen molar-refractivity contribution in [2.45, 2.75) is 42.2 Å².